The second-order valence-corrected chi connectivity index (χ2v) is 8.16. The van der Waals surface area contributed by atoms with E-state index in [1.165, 1.54) is 0 Å². The number of anilines is 5. The first-order chi connectivity index (χ1) is 16.9. The number of aryl methyl sites for hydroxylation is 3. The molecule has 1 aromatic carbocycles. The zero-order valence-electron chi connectivity index (χ0n) is 19.6. The van der Waals surface area contributed by atoms with Crippen LogP contribution in [0.1, 0.15) is 27.6 Å². The highest BCUT2D eigenvalue weighted by molar-refractivity contribution is 6.04. The summed E-state index contributed by atoms with van der Waals surface area (Å²) in [5.74, 6) is 2.41. The topological polar surface area (TPSA) is 109 Å². The Morgan fingerprint density at radius 2 is 1.54 bits per heavy atom. The van der Waals surface area contributed by atoms with Gasteiger partial charge in [-0.3, -0.25) is 9.20 Å². The molecule has 4 aromatic heterocycles. The summed E-state index contributed by atoms with van der Waals surface area (Å²) in [5, 5.41) is 9.45. The minimum Gasteiger partial charge on any atom is -0.340 e. The highest BCUT2D eigenvalue weighted by Gasteiger charge is 2.16. The lowest BCUT2D eigenvalue weighted by atomic mass is 10.2. The number of fused-ring (bicyclic) bond motifs is 1. The molecule has 5 aromatic rings. The van der Waals surface area contributed by atoms with E-state index in [9.17, 15) is 4.79 Å². The van der Waals surface area contributed by atoms with Gasteiger partial charge in [-0.1, -0.05) is 6.07 Å². The largest absolute Gasteiger partial charge is 0.340 e. The van der Waals surface area contributed by atoms with Crippen LogP contribution in [0.3, 0.4) is 0 Å². The van der Waals surface area contributed by atoms with Crippen LogP contribution in [0, 0.1) is 20.8 Å². The van der Waals surface area contributed by atoms with Crippen molar-refractivity contribution < 1.29 is 4.79 Å². The molecule has 1 amide bonds. The molecule has 4 heterocycles. The summed E-state index contributed by atoms with van der Waals surface area (Å²) >= 11 is 0. The molecule has 0 saturated heterocycles. The molecule has 0 aliphatic rings. The van der Waals surface area contributed by atoms with Gasteiger partial charge >= 0.3 is 0 Å². The standard InChI is InChI=1S/C26H24N8O/c1-16-11-12-27-21(14-16)33-23-15-22(29-18(3)30-23)31-19-7-9-20(10-8-19)32-26(35)25-17(2)28-24-6-4-5-13-34(24)25/h4-15H,1-3H3,(H,32,35)(H2,27,29,30,31,33). The Kier molecular flexibility index (Phi) is 5.80. The minimum absolute atomic E-state index is 0.214. The first-order valence-electron chi connectivity index (χ1n) is 11.1. The number of pyridine rings is 2. The minimum atomic E-state index is -0.214. The smallest absolute Gasteiger partial charge is 0.274 e. The Bertz CT molecular complexity index is 1520. The van der Waals surface area contributed by atoms with Crippen molar-refractivity contribution >= 4 is 40.4 Å². The van der Waals surface area contributed by atoms with Gasteiger partial charge < -0.3 is 16.0 Å². The molecule has 0 saturated carbocycles. The Balaban J connectivity index is 1.29. The van der Waals surface area contributed by atoms with Crippen LogP contribution in [0.2, 0.25) is 0 Å². The normalized spacial score (nSPS) is 10.8. The number of nitrogens with one attached hydrogen (secondary N) is 3. The van der Waals surface area contributed by atoms with Crippen LogP contribution in [0.25, 0.3) is 5.65 Å². The zero-order chi connectivity index (χ0) is 24.4. The lowest BCUT2D eigenvalue weighted by molar-refractivity contribution is 0.102. The van der Waals surface area contributed by atoms with Gasteiger partial charge in [0, 0.05) is 29.8 Å². The Labute approximate surface area is 202 Å². The summed E-state index contributed by atoms with van der Waals surface area (Å²) in [4.78, 5) is 30.6. The van der Waals surface area contributed by atoms with E-state index in [0.29, 0.717) is 34.5 Å². The van der Waals surface area contributed by atoms with Crippen molar-refractivity contribution in [3.8, 4) is 0 Å². The van der Waals surface area contributed by atoms with Crippen molar-refractivity contribution in [2.45, 2.75) is 20.8 Å². The van der Waals surface area contributed by atoms with Crippen LogP contribution in [0.15, 0.2) is 73.1 Å². The average Bonchev–Trinajstić information content (AvgIpc) is 3.16. The van der Waals surface area contributed by atoms with E-state index in [1.807, 2.05) is 87.6 Å². The van der Waals surface area contributed by atoms with Crippen molar-refractivity contribution in [2.75, 3.05) is 16.0 Å². The van der Waals surface area contributed by atoms with Crippen LogP contribution in [-0.2, 0) is 0 Å². The third-order valence-electron chi connectivity index (χ3n) is 5.34. The second kappa shape index (κ2) is 9.22. The summed E-state index contributed by atoms with van der Waals surface area (Å²) in [6, 6.07) is 18.8. The third kappa shape index (κ3) is 4.93. The van der Waals surface area contributed by atoms with Gasteiger partial charge in [0.05, 0.1) is 5.69 Å². The average molecular weight is 465 g/mol. The highest BCUT2D eigenvalue weighted by atomic mass is 16.2. The lowest BCUT2D eigenvalue weighted by Crippen LogP contribution is -2.15. The SMILES string of the molecule is Cc1ccnc(Nc2cc(Nc3ccc(NC(=O)c4c(C)nc5ccccn45)cc3)nc(C)n2)c1. The van der Waals surface area contributed by atoms with Crippen LogP contribution in [0.4, 0.5) is 28.8 Å². The molecule has 174 valence electrons. The number of aromatic nitrogens is 5. The molecular weight excluding hydrogens is 440 g/mol. The molecule has 0 bridgehead atoms. The molecule has 0 aliphatic carbocycles. The fraction of sp³-hybridized carbons (Fsp3) is 0.115. The molecule has 0 aliphatic heterocycles. The summed E-state index contributed by atoms with van der Waals surface area (Å²) in [5.41, 5.74) is 4.54. The highest BCUT2D eigenvalue weighted by Crippen LogP contribution is 2.22. The van der Waals surface area contributed by atoms with Gasteiger partial charge in [0.25, 0.3) is 5.91 Å². The molecule has 0 unspecified atom stereocenters. The van der Waals surface area contributed by atoms with Gasteiger partial charge in [0.2, 0.25) is 0 Å². The van der Waals surface area contributed by atoms with Crippen molar-refractivity contribution in [1.29, 1.82) is 0 Å². The van der Waals surface area contributed by atoms with Crippen molar-refractivity contribution in [3.63, 3.8) is 0 Å². The fourth-order valence-electron chi connectivity index (χ4n) is 3.79. The van der Waals surface area contributed by atoms with Crippen LogP contribution < -0.4 is 16.0 Å². The van der Waals surface area contributed by atoms with E-state index in [4.69, 9.17) is 0 Å². The number of benzene rings is 1. The van der Waals surface area contributed by atoms with Crippen molar-refractivity contribution in [1.82, 2.24) is 24.3 Å². The Hall–Kier alpha value is -4.79. The van der Waals surface area contributed by atoms with Gasteiger partial charge in [0.15, 0.2) is 0 Å². The number of amides is 1. The molecule has 0 radical (unpaired) electrons. The molecule has 0 spiro atoms. The summed E-state index contributed by atoms with van der Waals surface area (Å²) in [7, 11) is 0. The molecule has 3 N–H and O–H groups in total. The number of imidazole rings is 1. The van der Waals surface area contributed by atoms with Crippen molar-refractivity contribution in [2.24, 2.45) is 0 Å². The van der Waals surface area contributed by atoms with Crippen LogP contribution in [-0.4, -0.2) is 30.2 Å². The number of hydrogen-bond acceptors (Lipinski definition) is 7. The van der Waals surface area contributed by atoms with Gasteiger partial charge in [-0.25, -0.2) is 19.9 Å². The Morgan fingerprint density at radius 3 is 2.31 bits per heavy atom. The molecule has 9 nitrogen and oxygen atoms in total. The monoisotopic (exact) mass is 464 g/mol. The molecule has 35 heavy (non-hydrogen) atoms. The number of carbonyl (C=O) groups excluding carboxylic acids is 1. The van der Waals surface area contributed by atoms with E-state index in [2.05, 4.69) is 35.9 Å². The zero-order valence-corrected chi connectivity index (χ0v) is 19.6. The molecule has 0 fully saturated rings. The molecule has 5 rings (SSSR count). The molecular formula is C26H24N8O. The summed E-state index contributed by atoms with van der Waals surface area (Å²) in [6.45, 7) is 5.67. The van der Waals surface area contributed by atoms with Crippen molar-refractivity contribution in [3.05, 3.63) is 95.8 Å². The third-order valence-corrected chi connectivity index (χ3v) is 5.34. The molecule has 0 atom stereocenters. The van der Waals surface area contributed by atoms with E-state index in [1.54, 1.807) is 10.6 Å². The predicted molar refractivity (Wildman–Crippen MR) is 137 cm³/mol. The number of carbonyl (C=O) groups is 1. The van der Waals surface area contributed by atoms with E-state index < -0.39 is 0 Å². The first kappa shape index (κ1) is 22.0. The van der Waals surface area contributed by atoms with Crippen LogP contribution >= 0.6 is 0 Å². The van der Waals surface area contributed by atoms with E-state index >= 15 is 0 Å². The van der Waals surface area contributed by atoms with E-state index in [-0.39, 0.29) is 5.91 Å². The summed E-state index contributed by atoms with van der Waals surface area (Å²) in [6.07, 6.45) is 3.58. The predicted octanol–water partition coefficient (Wildman–Crippen LogP) is 5.18. The maximum Gasteiger partial charge on any atom is 0.274 e. The Morgan fingerprint density at radius 1 is 0.800 bits per heavy atom. The van der Waals surface area contributed by atoms with Crippen LogP contribution in [0.5, 0.6) is 0 Å². The van der Waals surface area contributed by atoms with E-state index in [0.717, 1.165) is 22.7 Å². The second-order valence-electron chi connectivity index (χ2n) is 8.16. The lowest BCUT2D eigenvalue weighted by Gasteiger charge is -2.11. The molecule has 9 heteroatoms. The number of hydrogen-bond donors (Lipinski definition) is 3. The number of nitrogens with zero attached hydrogens (tertiary/aromatic N) is 5. The van der Waals surface area contributed by atoms with Gasteiger partial charge in [-0.2, -0.15) is 0 Å². The van der Waals surface area contributed by atoms with Gasteiger partial charge in [0.1, 0.15) is 34.6 Å². The number of rotatable bonds is 6. The van der Waals surface area contributed by atoms with Gasteiger partial charge in [-0.15, -0.1) is 0 Å². The van der Waals surface area contributed by atoms with Gasteiger partial charge in [-0.05, 0) is 74.9 Å². The fourth-order valence-corrected chi connectivity index (χ4v) is 3.79. The summed E-state index contributed by atoms with van der Waals surface area (Å²) < 4.78 is 1.79. The quantitative estimate of drug-likeness (QED) is 0.317. The maximum absolute atomic E-state index is 12.9. The maximum atomic E-state index is 12.9. The first-order valence-corrected chi connectivity index (χ1v) is 11.1.